The number of carbonyl (C=O) groups excluding carboxylic acids is 1. The van der Waals surface area contributed by atoms with Gasteiger partial charge in [-0.15, -0.1) is 17.1 Å². The minimum absolute atomic E-state index is 0.000220. The molecule has 0 fully saturated rings. The molecule has 1 heterocycles. The lowest BCUT2D eigenvalue weighted by atomic mass is 10.2. The molecular weight excluding hydrogens is 366 g/mol. The number of nitrogens with one attached hydrogen (secondary N) is 1. The van der Waals surface area contributed by atoms with Gasteiger partial charge in [-0.3, -0.25) is 14.9 Å². The predicted molar refractivity (Wildman–Crippen MR) is 94.4 cm³/mol. The highest BCUT2D eigenvalue weighted by Crippen LogP contribution is 2.34. The number of fused-ring (bicyclic) bond motifs is 1. The molecule has 0 atom stereocenters. The molecule has 25 heavy (non-hydrogen) atoms. The van der Waals surface area contributed by atoms with Gasteiger partial charge in [0.25, 0.3) is 11.6 Å². The molecule has 9 heteroatoms. The predicted octanol–water partition coefficient (Wildman–Crippen LogP) is 3.30. The lowest BCUT2D eigenvalue weighted by Gasteiger charge is -2.05. The van der Waals surface area contributed by atoms with E-state index >= 15 is 0 Å². The van der Waals surface area contributed by atoms with Crippen molar-refractivity contribution >= 4 is 50.8 Å². The van der Waals surface area contributed by atoms with Gasteiger partial charge in [-0.05, 0) is 6.07 Å². The summed E-state index contributed by atoms with van der Waals surface area (Å²) >= 11 is 7.42. The molecule has 0 bridgehead atoms. The van der Waals surface area contributed by atoms with Gasteiger partial charge in [0.05, 0.1) is 21.7 Å². The van der Waals surface area contributed by atoms with Gasteiger partial charge < -0.3 is 5.11 Å². The number of nitro benzene ring substituents is 1. The fourth-order valence-corrected chi connectivity index (χ4v) is 3.58. The minimum Gasteiger partial charge on any atom is -0.872 e. The molecule has 0 aliphatic rings. The fourth-order valence-electron chi connectivity index (χ4n) is 2.17. The van der Waals surface area contributed by atoms with E-state index in [2.05, 4.69) is 10.5 Å². The Labute approximate surface area is 150 Å². The summed E-state index contributed by atoms with van der Waals surface area (Å²) in [6, 6.07) is 10.5. The molecule has 3 aromatic rings. The number of carbonyl (C=O) groups is 1. The van der Waals surface area contributed by atoms with E-state index in [1.165, 1.54) is 11.3 Å². The molecular formula is C16H9ClN3O4S-. The van der Waals surface area contributed by atoms with Crippen molar-refractivity contribution in [3.05, 3.63) is 68.0 Å². The van der Waals surface area contributed by atoms with Gasteiger partial charge in [0, 0.05) is 16.2 Å². The van der Waals surface area contributed by atoms with Crippen molar-refractivity contribution in [2.75, 3.05) is 0 Å². The first kappa shape index (κ1) is 16.9. The molecule has 126 valence electrons. The molecule has 0 aliphatic heterocycles. The van der Waals surface area contributed by atoms with Gasteiger partial charge in [-0.25, -0.2) is 5.43 Å². The second-order valence-electron chi connectivity index (χ2n) is 4.92. The summed E-state index contributed by atoms with van der Waals surface area (Å²) in [5.41, 5.74) is 1.99. The molecule has 1 aromatic heterocycles. The van der Waals surface area contributed by atoms with Crippen molar-refractivity contribution in [3.63, 3.8) is 0 Å². The number of hydrazone groups is 1. The third kappa shape index (κ3) is 3.44. The molecule has 0 saturated carbocycles. The topological polar surface area (TPSA) is 108 Å². The first-order valence-electron chi connectivity index (χ1n) is 6.93. The summed E-state index contributed by atoms with van der Waals surface area (Å²) in [7, 11) is 0. The number of nitro groups is 1. The number of halogens is 1. The maximum absolute atomic E-state index is 12.2. The van der Waals surface area contributed by atoms with Crippen molar-refractivity contribution in [1.29, 1.82) is 0 Å². The van der Waals surface area contributed by atoms with Crippen molar-refractivity contribution in [1.82, 2.24) is 5.43 Å². The van der Waals surface area contributed by atoms with E-state index in [0.717, 1.165) is 34.5 Å². The zero-order valence-electron chi connectivity index (χ0n) is 12.4. The monoisotopic (exact) mass is 374 g/mol. The van der Waals surface area contributed by atoms with Crippen LogP contribution in [0.5, 0.6) is 5.75 Å². The largest absolute Gasteiger partial charge is 0.872 e. The Hall–Kier alpha value is -2.97. The number of thiophene rings is 1. The van der Waals surface area contributed by atoms with E-state index < -0.39 is 16.6 Å². The van der Waals surface area contributed by atoms with E-state index in [4.69, 9.17) is 11.6 Å². The van der Waals surface area contributed by atoms with Crippen LogP contribution in [0.25, 0.3) is 10.1 Å². The van der Waals surface area contributed by atoms with Crippen LogP contribution in [0.3, 0.4) is 0 Å². The number of hydrogen-bond acceptors (Lipinski definition) is 6. The first-order chi connectivity index (χ1) is 12.0. The van der Waals surface area contributed by atoms with Crippen molar-refractivity contribution in [2.24, 2.45) is 5.10 Å². The molecule has 2 aromatic carbocycles. The Kier molecular flexibility index (Phi) is 4.64. The average Bonchev–Trinajstić information content (AvgIpc) is 2.92. The Bertz CT molecular complexity index is 1020. The van der Waals surface area contributed by atoms with Gasteiger partial charge in [0.1, 0.15) is 4.88 Å². The van der Waals surface area contributed by atoms with Crippen LogP contribution in [-0.2, 0) is 0 Å². The van der Waals surface area contributed by atoms with E-state index in [1.54, 1.807) is 6.07 Å². The summed E-state index contributed by atoms with van der Waals surface area (Å²) in [4.78, 5) is 22.8. The molecule has 0 saturated heterocycles. The number of amides is 1. The summed E-state index contributed by atoms with van der Waals surface area (Å²) in [5, 5.41) is 27.1. The molecule has 1 amide bonds. The summed E-state index contributed by atoms with van der Waals surface area (Å²) in [5.74, 6) is -0.936. The third-order valence-electron chi connectivity index (χ3n) is 3.31. The highest BCUT2D eigenvalue weighted by atomic mass is 35.5. The number of benzene rings is 2. The van der Waals surface area contributed by atoms with Crippen LogP contribution in [0.1, 0.15) is 15.2 Å². The smallest absolute Gasteiger partial charge is 0.283 e. The van der Waals surface area contributed by atoms with Crippen LogP contribution >= 0.6 is 22.9 Å². The van der Waals surface area contributed by atoms with Crippen LogP contribution < -0.4 is 10.5 Å². The number of hydrogen-bond donors (Lipinski definition) is 1. The highest BCUT2D eigenvalue weighted by molar-refractivity contribution is 7.21. The minimum atomic E-state index is -0.633. The zero-order chi connectivity index (χ0) is 18.0. The molecule has 3 rings (SSSR count). The van der Waals surface area contributed by atoms with Crippen LogP contribution in [0.2, 0.25) is 5.02 Å². The molecule has 7 nitrogen and oxygen atoms in total. The van der Waals surface area contributed by atoms with Crippen LogP contribution in [0.4, 0.5) is 5.69 Å². The maximum Gasteiger partial charge on any atom is 0.283 e. The van der Waals surface area contributed by atoms with Gasteiger partial charge in [0.2, 0.25) is 0 Å². The van der Waals surface area contributed by atoms with Crippen LogP contribution in [0, 0.1) is 10.1 Å². The lowest BCUT2D eigenvalue weighted by molar-refractivity contribution is -0.385. The Morgan fingerprint density at radius 2 is 2.04 bits per heavy atom. The normalized spacial score (nSPS) is 11.1. The molecule has 0 unspecified atom stereocenters. The maximum atomic E-state index is 12.2. The second kappa shape index (κ2) is 6.88. The second-order valence-corrected chi connectivity index (χ2v) is 6.35. The average molecular weight is 375 g/mol. The Balaban J connectivity index is 1.82. The Morgan fingerprint density at radius 1 is 1.28 bits per heavy atom. The van der Waals surface area contributed by atoms with E-state index in [0.29, 0.717) is 5.02 Å². The number of rotatable bonds is 4. The zero-order valence-corrected chi connectivity index (χ0v) is 14.0. The van der Waals surface area contributed by atoms with Crippen LogP contribution in [-0.4, -0.2) is 17.0 Å². The van der Waals surface area contributed by atoms with Crippen molar-refractivity contribution in [2.45, 2.75) is 0 Å². The van der Waals surface area contributed by atoms with Crippen LogP contribution in [0.15, 0.2) is 47.6 Å². The SMILES string of the molecule is O=C(N/N=C\c1cc([O-])ccc1[N+](=O)[O-])c1sc2ccccc2c1Cl. The third-order valence-corrected chi connectivity index (χ3v) is 4.98. The summed E-state index contributed by atoms with van der Waals surface area (Å²) < 4.78 is 0.858. The van der Waals surface area contributed by atoms with Gasteiger partial charge >= 0.3 is 0 Å². The molecule has 0 radical (unpaired) electrons. The standard InChI is InChI=1S/C16H10ClN3O4S/c17-14-11-3-1-2-4-13(11)25-15(14)16(22)19-18-8-9-7-10(21)5-6-12(9)20(23)24/h1-8,21H,(H,19,22)/p-1/b18-8-. The molecule has 1 N–H and O–H groups in total. The van der Waals surface area contributed by atoms with Gasteiger partial charge in [0.15, 0.2) is 0 Å². The van der Waals surface area contributed by atoms with Gasteiger partial charge in [-0.2, -0.15) is 5.10 Å². The first-order valence-corrected chi connectivity index (χ1v) is 8.12. The summed E-state index contributed by atoms with van der Waals surface area (Å²) in [6.07, 6.45) is 1.05. The van der Waals surface area contributed by atoms with Gasteiger partial charge in [-0.1, -0.05) is 41.9 Å². The molecule has 0 spiro atoms. The van der Waals surface area contributed by atoms with E-state index in [-0.39, 0.29) is 16.1 Å². The number of nitrogens with zero attached hydrogens (tertiary/aromatic N) is 2. The molecule has 0 aliphatic carbocycles. The summed E-state index contributed by atoms with van der Waals surface area (Å²) in [6.45, 7) is 0. The quantitative estimate of drug-likeness (QED) is 0.429. The van der Waals surface area contributed by atoms with E-state index in [9.17, 15) is 20.0 Å². The van der Waals surface area contributed by atoms with Crippen molar-refractivity contribution in [3.8, 4) is 5.75 Å². The van der Waals surface area contributed by atoms with Crippen molar-refractivity contribution < 1.29 is 14.8 Å². The van der Waals surface area contributed by atoms with E-state index in [1.807, 2.05) is 18.2 Å². The fraction of sp³-hybridized carbons (Fsp3) is 0. The Morgan fingerprint density at radius 3 is 2.76 bits per heavy atom. The lowest BCUT2D eigenvalue weighted by Crippen LogP contribution is -2.16. The highest BCUT2D eigenvalue weighted by Gasteiger charge is 2.16.